The van der Waals surface area contributed by atoms with E-state index in [1.807, 2.05) is 6.07 Å². The number of carboxylic acids is 1. The number of anilines is 1. The first-order valence-electron chi connectivity index (χ1n) is 8.53. The molecule has 1 aliphatic heterocycles. The van der Waals surface area contributed by atoms with Crippen LogP contribution in [0.3, 0.4) is 0 Å². The Morgan fingerprint density at radius 2 is 1.52 bits per heavy atom. The van der Waals surface area contributed by atoms with E-state index >= 15 is 0 Å². The Bertz CT molecular complexity index is 659. The van der Waals surface area contributed by atoms with Gasteiger partial charge in [-0.15, -0.1) is 0 Å². The molecule has 2 aromatic rings. The Labute approximate surface area is 173 Å². The van der Waals surface area contributed by atoms with E-state index in [0.29, 0.717) is 6.54 Å². The summed E-state index contributed by atoms with van der Waals surface area (Å²) >= 11 is 0. The molecule has 5 heteroatoms. The second-order valence-electron chi connectivity index (χ2n) is 6.30. The molecular weight excluding hydrogens is 323 g/mol. The third-order valence-electron chi connectivity index (χ3n) is 4.57. The summed E-state index contributed by atoms with van der Waals surface area (Å²) in [6, 6.07) is 19.3. The quantitative estimate of drug-likeness (QED) is 0.746. The molecule has 0 aromatic heterocycles. The molecule has 0 saturated carbocycles. The summed E-state index contributed by atoms with van der Waals surface area (Å²) in [5, 5.41) is 8.77. The third-order valence-corrected chi connectivity index (χ3v) is 4.57. The van der Waals surface area contributed by atoms with E-state index in [0.717, 1.165) is 32.6 Å². The summed E-state index contributed by atoms with van der Waals surface area (Å²) in [7, 11) is 0. The molecule has 0 aliphatic carbocycles. The molecule has 3 rings (SSSR count). The number of hydrogen-bond acceptors (Lipinski definition) is 3. The molecule has 0 bridgehead atoms. The standard InChI is InChI=1S/C20H24N2O2.Na.H/c23-20(24)10-11-21-12-14-22(15-13-21)19-8-6-18(7-9-19)16-17-4-2-1-3-5-17;;/h1-9H,10-16H2,(H,23,24);;/q;+1;-1. The van der Waals surface area contributed by atoms with Crippen LogP contribution in [0.4, 0.5) is 5.69 Å². The van der Waals surface area contributed by atoms with Crippen molar-refractivity contribution in [1.82, 2.24) is 4.90 Å². The topological polar surface area (TPSA) is 43.8 Å². The van der Waals surface area contributed by atoms with E-state index in [1.165, 1.54) is 16.8 Å². The summed E-state index contributed by atoms with van der Waals surface area (Å²) in [6.45, 7) is 4.42. The molecule has 1 heterocycles. The summed E-state index contributed by atoms with van der Waals surface area (Å²) in [5.74, 6) is -0.716. The molecule has 25 heavy (non-hydrogen) atoms. The fraction of sp³-hybridized carbons (Fsp3) is 0.350. The van der Waals surface area contributed by atoms with Gasteiger partial charge < -0.3 is 11.4 Å². The molecular formula is C20H25N2NaO2. The van der Waals surface area contributed by atoms with Crippen molar-refractivity contribution in [2.75, 3.05) is 37.6 Å². The van der Waals surface area contributed by atoms with Crippen molar-refractivity contribution < 1.29 is 40.9 Å². The number of carboxylic acid groups (broad SMARTS) is 1. The van der Waals surface area contributed by atoms with Crippen molar-refractivity contribution in [2.45, 2.75) is 12.8 Å². The van der Waals surface area contributed by atoms with Crippen LogP contribution in [-0.2, 0) is 11.2 Å². The molecule has 0 amide bonds. The minimum Gasteiger partial charge on any atom is -1.00 e. The van der Waals surface area contributed by atoms with Gasteiger partial charge in [0, 0.05) is 38.4 Å². The Kier molecular flexibility index (Phi) is 7.97. The number of rotatable bonds is 6. The zero-order valence-corrected chi connectivity index (χ0v) is 16.9. The van der Waals surface area contributed by atoms with Gasteiger partial charge in [-0.05, 0) is 29.7 Å². The maximum absolute atomic E-state index is 10.7. The molecule has 4 nitrogen and oxygen atoms in total. The summed E-state index contributed by atoms with van der Waals surface area (Å²) in [4.78, 5) is 15.3. The first-order valence-corrected chi connectivity index (χ1v) is 8.53. The maximum atomic E-state index is 10.7. The molecule has 0 unspecified atom stereocenters. The molecule has 128 valence electrons. The fourth-order valence-electron chi connectivity index (χ4n) is 3.14. The molecule has 2 aromatic carbocycles. The first-order chi connectivity index (χ1) is 11.7. The Morgan fingerprint density at radius 3 is 2.12 bits per heavy atom. The monoisotopic (exact) mass is 348 g/mol. The first kappa shape index (κ1) is 20.0. The van der Waals surface area contributed by atoms with Crippen LogP contribution >= 0.6 is 0 Å². The van der Waals surface area contributed by atoms with Gasteiger partial charge in [0.1, 0.15) is 0 Å². The summed E-state index contributed by atoms with van der Waals surface area (Å²) in [5.41, 5.74) is 3.91. The smallest absolute Gasteiger partial charge is 1.00 e. The number of carbonyl (C=O) groups is 1. The predicted octanol–water partition coefficient (Wildman–Crippen LogP) is -0.00940. The van der Waals surface area contributed by atoms with E-state index in [2.05, 4.69) is 58.3 Å². The summed E-state index contributed by atoms with van der Waals surface area (Å²) < 4.78 is 0. The van der Waals surface area contributed by atoms with Crippen molar-refractivity contribution in [2.24, 2.45) is 0 Å². The van der Waals surface area contributed by atoms with Crippen LogP contribution in [0, 0.1) is 0 Å². The Hall–Kier alpha value is -1.33. The molecule has 0 atom stereocenters. The van der Waals surface area contributed by atoms with Crippen molar-refractivity contribution >= 4 is 11.7 Å². The van der Waals surface area contributed by atoms with E-state index in [1.54, 1.807) is 0 Å². The second kappa shape index (κ2) is 9.97. The average molecular weight is 348 g/mol. The molecule has 0 spiro atoms. The third kappa shape index (κ3) is 6.15. The van der Waals surface area contributed by atoms with Crippen LogP contribution in [0.15, 0.2) is 54.6 Å². The van der Waals surface area contributed by atoms with E-state index in [9.17, 15) is 4.79 Å². The zero-order valence-electron chi connectivity index (χ0n) is 15.9. The van der Waals surface area contributed by atoms with E-state index in [-0.39, 0.29) is 37.4 Å². The van der Waals surface area contributed by atoms with Crippen LogP contribution in [0.2, 0.25) is 0 Å². The van der Waals surface area contributed by atoms with Crippen LogP contribution in [0.1, 0.15) is 19.0 Å². The van der Waals surface area contributed by atoms with E-state index in [4.69, 9.17) is 5.11 Å². The molecule has 0 radical (unpaired) electrons. The SMILES string of the molecule is O=C(O)CCN1CCN(c2ccc(Cc3ccccc3)cc2)CC1.[H-].[Na+]. The van der Waals surface area contributed by atoms with E-state index < -0.39 is 5.97 Å². The van der Waals surface area contributed by atoms with Gasteiger partial charge in [-0.25, -0.2) is 0 Å². The number of hydrogen-bond donors (Lipinski definition) is 1. The Morgan fingerprint density at radius 1 is 0.920 bits per heavy atom. The van der Waals surface area contributed by atoms with Gasteiger partial charge in [0.05, 0.1) is 6.42 Å². The minimum absolute atomic E-state index is 0. The predicted molar refractivity (Wildman–Crippen MR) is 97.7 cm³/mol. The van der Waals surface area contributed by atoms with Crippen molar-refractivity contribution in [3.05, 3.63) is 65.7 Å². The fourth-order valence-corrected chi connectivity index (χ4v) is 3.14. The van der Waals surface area contributed by atoms with Gasteiger partial charge in [0.2, 0.25) is 0 Å². The normalized spacial score (nSPS) is 14.8. The van der Waals surface area contributed by atoms with Gasteiger partial charge in [0.15, 0.2) is 0 Å². The minimum atomic E-state index is -0.716. The number of aliphatic carboxylic acids is 1. The number of nitrogens with zero attached hydrogens (tertiary/aromatic N) is 2. The van der Waals surface area contributed by atoms with Crippen molar-refractivity contribution in [3.8, 4) is 0 Å². The zero-order chi connectivity index (χ0) is 16.8. The number of piperazine rings is 1. The van der Waals surface area contributed by atoms with Gasteiger partial charge >= 0.3 is 35.5 Å². The van der Waals surface area contributed by atoms with Crippen LogP contribution in [0.5, 0.6) is 0 Å². The van der Waals surface area contributed by atoms with Gasteiger partial charge in [-0.3, -0.25) is 9.69 Å². The maximum Gasteiger partial charge on any atom is 1.00 e. The second-order valence-corrected chi connectivity index (χ2v) is 6.30. The van der Waals surface area contributed by atoms with Gasteiger partial charge in [-0.1, -0.05) is 42.5 Å². The van der Waals surface area contributed by atoms with Crippen molar-refractivity contribution in [3.63, 3.8) is 0 Å². The number of benzene rings is 2. The largest absolute Gasteiger partial charge is 1.00 e. The Balaban J connectivity index is 0.00000169. The summed E-state index contributed by atoms with van der Waals surface area (Å²) in [6.07, 6.45) is 1.19. The molecule has 1 aliphatic rings. The van der Waals surface area contributed by atoms with Gasteiger partial charge in [-0.2, -0.15) is 0 Å². The molecule has 1 fully saturated rings. The average Bonchev–Trinajstić information content (AvgIpc) is 2.62. The van der Waals surface area contributed by atoms with Crippen LogP contribution in [0.25, 0.3) is 0 Å². The van der Waals surface area contributed by atoms with Crippen LogP contribution < -0.4 is 34.5 Å². The molecule has 1 saturated heterocycles. The molecule has 1 N–H and O–H groups in total. The van der Waals surface area contributed by atoms with Crippen LogP contribution in [-0.4, -0.2) is 48.7 Å². The van der Waals surface area contributed by atoms with Gasteiger partial charge in [0.25, 0.3) is 0 Å². The van der Waals surface area contributed by atoms with Crippen molar-refractivity contribution in [1.29, 1.82) is 0 Å².